The van der Waals surface area contributed by atoms with Crippen LogP contribution >= 0.6 is 11.3 Å². The van der Waals surface area contributed by atoms with Crippen molar-refractivity contribution in [1.82, 2.24) is 10.3 Å². The lowest BCUT2D eigenvalue weighted by Crippen LogP contribution is -2.34. The van der Waals surface area contributed by atoms with Crippen LogP contribution < -0.4 is 5.32 Å². The fourth-order valence-electron chi connectivity index (χ4n) is 2.59. The Morgan fingerprint density at radius 3 is 3.12 bits per heavy atom. The summed E-state index contributed by atoms with van der Waals surface area (Å²) in [7, 11) is 0. The summed E-state index contributed by atoms with van der Waals surface area (Å²) in [6.07, 6.45) is 3.59. The second kappa shape index (κ2) is 4.34. The predicted molar refractivity (Wildman–Crippen MR) is 69.5 cm³/mol. The van der Waals surface area contributed by atoms with E-state index in [1.807, 2.05) is 11.3 Å². The van der Waals surface area contributed by atoms with Gasteiger partial charge in [0.05, 0.1) is 24.9 Å². The molecule has 4 heteroatoms. The molecule has 0 saturated carbocycles. The van der Waals surface area contributed by atoms with Crippen LogP contribution in [0, 0.1) is 5.41 Å². The average Bonchev–Trinajstić information content (AvgIpc) is 2.71. The number of nitrogens with one attached hydrogen (secondary N) is 1. The Bertz CT molecular complexity index is 408. The number of aromatic nitrogens is 1. The lowest BCUT2D eigenvalue weighted by Gasteiger charge is -2.28. The van der Waals surface area contributed by atoms with Gasteiger partial charge in [0.2, 0.25) is 0 Å². The summed E-state index contributed by atoms with van der Waals surface area (Å²) in [4.78, 5) is 6.32. The first-order chi connectivity index (χ1) is 8.14. The number of hydrogen-bond donors (Lipinski definition) is 1. The molecule has 1 unspecified atom stereocenters. The topological polar surface area (TPSA) is 34.1 Å². The Kier molecular flexibility index (Phi) is 2.97. The molecule has 2 heterocycles. The van der Waals surface area contributed by atoms with Crippen LogP contribution in [-0.4, -0.2) is 24.7 Å². The number of rotatable bonds is 1. The highest BCUT2D eigenvalue weighted by Crippen LogP contribution is 2.38. The van der Waals surface area contributed by atoms with Gasteiger partial charge in [0, 0.05) is 11.4 Å². The zero-order valence-electron chi connectivity index (χ0n) is 10.6. The lowest BCUT2D eigenvalue weighted by atomic mass is 9.79. The van der Waals surface area contributed by atoms with Crippen molar-refractivity contribution in [2.24, 2.45) is 5.41 Å². The van der Waals surface area contributed by atoms with E-state index in [2.05, 4.69) is 19.2 Å². The predicted octanol–water partition coefficient (Wildman–Crippen LogP) is 2.32. The molecule has 0 spiro atoms. The van der Waals surface area contributed by atoms with E-state index in [0.29, 0.717) is 11.5 Å². The highest BCUT2D eigenvalue weighted by Gasteiger charge is 2.29. The van der Waals surface area contributed by atoms with Crippen LogP contribution in [0.25, 0.3) is 0 Å². The monoisotopic (exact) mass is 252 g/mol. The van der Waals surface area contributed by atoms with E-state index in [0.717, 1.165) is 26.2 Å². The molecule has 2 aliphatic rings. The maximum absolute atomic E-state index is 5.51. The Balaban J connectivity index is 1.82. The number of nitrogens with zero attached hydrogens (tertiary/aromatic N) is 1. The third-order valence-electron chi connectivity index (χ3n) is 3.69. The van der Waals surface area contributed by atoms with E-state index in [1.54, 1.807) is 0 Å². The first-order valence-corrected chi connectivity index (χ1v) is 7.25. The molecule has 1 saturated heterocycles. The minimum atomic E-state index is 0.322. The number of hydrogen-bond acceptors (Lipinski definition) is 4. The molecule has 3 nitrogen and oxygen atoms in total. The fourth-order valence-corrected chi connectivity index (χ4v) is 4.02. The van der Waals surface area contributed by atoms with Crippen molar-refractivity contribution in [3.63, 3.8) is 0 Å². The number of ether oxygens (including phenoxy) is 1. The van der Waals surface area contributed by atoms with Crippen LogP contribution in [0.1, 0.15) is 41.9 Å². The van der Waals surface area contributed by atoms with Crippen molar-refractivity contribution in [3.8, 4) is 0 Å². The SMILES string of the molecule is CC1(C)CCc2nc(C3COCCN3)sc2C1. The molecular formula is C13H20N2OS. The van der Waals surface area contributed by atoms with E-state index in [-0.39, 0.29) is 0 Å². The Morgan fingerprint density at radius 2 is 2.35 bits per heavy atom. The van der Waals surface area contributed by atoms with Gasteiger partial charge < -0.3 is 10.1 Å². The average molecular weight is 252 g/mol. The molecule has 3 rings (SSSR count). The Morgan fingerprint density at radius 1 is 1.47 bits per heavy atom. The van der Waals surface area contributed by atoms with Gasteiger partial charge in [-0.25, -0.2) is 4.98 Å². The lowest BCUT2D eigenvalue weighted by molar-refractivity contribution is 0.0767. The van der Waals surface area contributed by atoms with Crippen molar-refractivity contribution in [2.75, 3.05) is 19.8 Å². The van der Waals surface area contributed by atoms with Gasteiger partial charge in [-0.3, -0.25) is 0 Å². The molecule has 1 aromatic rings. The van der Waals surface area contributed by atoms with Crippen LogP contribution in [0.15, 0.2) is 0 Å². The molecule has 17 heavy (non-hydrogen) atoms. The Hall–Kier alpha value is -0.450. The van der Waals surface area contributed by atoms with Gasteiger partial charge in [-0.05, 0) is 24.7 Å². The molecule has 1 atom stereocenters. The molecule has 1 N–H and O–H groups in total. The van der Waals surface area contributed by atoms with Gasteiger partial charge in [-0.2, -0.15) is 0 Å². The van der Waals surface area contributed by atoms with E-state index in [4.69, 9.17) is 9.72 Å². The van der Waals surface area contributed by atoms with Gasteiger partial charge in [0.25, 0.3) is 0 Å². The largest absolute Gasteiger partial charge is 0.378 e. The number of thiazole rings is 1. The molecule has 1 fully saturated rings. The van der Waals surface area contributed by atoms with Crippen molar-refractivity contribution in [1.29, 1.82) is 0 Å². The molecule has 0 amide bonds. The van der Waals surface area contributed by atoms with E-state index in [1.165, 1.54) is 28.4 Å². The summed E-state index contributed by atoms with van der Waals surface area (Å²) in [5, 5.41) is 4.72. The van der Waals surface area contributed by atoms with Gasteiger partial charge in [0.15, 0.2) is 0 Å². The summed E-state index contributed by atoms with van der Waals surface area (Å²) >= 11 is 1.89. The molecule has 0 aromatic carbocycles. The summed E-state index contributed by atoms with van der Waals surface area (Å²) in [5.74, 6) is 0. The number of aryl methyl sites for hydroxylation is 1. The van der Waals surface area contributed by atoms with Gasteiger partial charge in [-0.15, -0.1) is 11.3 Å². The molecule has 1 aromatic heterocycles. The van der Waals surface area contributed by atoms with E-state index < -0.39 is 0 Å². The molecule has 0 bridgehead atoms. The highest BCUT2D eigenvalue weighted by atomic mass is 32.1. The van der Waals surface area contributed by atoms with Crippen molar-refractivity contribution in [3.05, 3.63) is 15.6 Å². The minimum absolute atomic E-state index is 0.322. The smallest absolute Gasteiger partial charge is 0.112 e. The molecular weight excluding hydrogens is 232 g/mol. The summed E-state index contributed by atoms with van der Waals surface area (Å²) in [6.45, 7) is 7.26. The van der Waals surface area contributed by atoms with E-state index >= 15 is 0 Å². The zero-order valence-corrected chi connectivity index (χ0v) is 11.4. The molecule has 0 radical (unpaired) electrons. The quantitative estimate of drug-likeness (QED) is 0.833. The first-order valence-electron chi connectivity index (χ1n) is 6.44. The Labute approximate surface area is 107 Å². The molecule has 1 aliphatic heterocycles. The normalized spacial score (nSPS) is 27.8. The maximum Gasteiger partial charge on any atom is 0.112 e. The third kappa shape index (κ3) is 2.39. The second-order valence-electron chi connectivity index (χ2n) is 5.84. The van der Waals surface area contributed by atoms with Crippen LogP contribution in [0.5, 0.6) is 0 Å². The number of morpholine rings is 1. The van der Waals surface area contributed by atoms with Gasteiger partial charge >= 0.3 is 0 Å². The van der Waals surface area contributed by atoms with Crippen LogP contribution in [0.2, 0.25) is 0 Å². The highest BCUT2D eigenvalue weighted by molar-refractivity contribution is 7.11. The standard InChI is InChI=1S/C13H20N2OS/c1-13(2)4-3-9-11(7-13)17-12(15-9)10-8-16-6-5-14-10/h10,14H,3-8H2,1-2H3. The van der Waals surface area contributed by atoms with Crippen molar-refractivity contribution in [2.45, 2.75) is 39.2 Å². The van der Waals surface area contributed by atoms with Crippen LogP contribution in [-0.2, 0) is 17.6 Å². The van der Waals surface area contributed by atoms with Crippen molar-refractivity contribution >= 4 is 11.3 Å². The number of fused-ring (bicyclic) bond motifs is 1. The first kappa shape index (κ1) is 11.6. The summed E-state index contributed by atoms with van der Waals surface area (Å²) in [5.41, 5.74) is 1.80. The van der Waals surface area contributed by atoms with Gasteiger partial charge in [-0.1, -0.05) is 13.8 Å². The second-order valence-corrected chi connectivity index (χ2v) is 6.96. The van der Waals surface area contributed by atoms with E-state index in [9.17, 15) is 0 Å². The third-order valence-corrected chi connectivity index (χ3v) is 4.90. The fraction of sp³-hybridized carbons (Fsp3) is 0.769. The van der Waals surface area contributed by atoms with Crippen LogP contribution in [0.3, 0.4) is 0 Å². The van der Waals surface area contributed by atoms with Gasteiger partial charge in [0.1, 0.15) is 5.01 Å². The molecule has 94 valence electrons. The maximum atomic E-state index is 5.51. The molecule has 1 aliphatic carbocycles. The summed E-state index contributed by atoms with van der Waals surface area (Å²) in [6, 6.07) is 0.322. The summed E-state index contributed by atoms with van der Waals surface area (Å²) < 4.78 is 5.51. The minimum Gasteiger partial charge on any atom is -0.378 e. The zero-order chi connectivity index (χ0) is 11.9. The van der Waals surface area contributed by atoms with Crippen molar-refractivity contribution < 1.29 is 4.74 Å². The van der Waals surface area contributed by atoms with Crippen LogP contribution in [0.4, 0.5) is 0 Å².